The molecule has 0 saturated carbocycles. The van der Waals surface area contributed by atoms with Gasteiger partial charge in [-0.05, 0) is 38.9 Å². The molecule has 2 N–H and O–H groups in total. The molecule has 0 fully saturated rings. The first-order chi connectivity index (χ1) is 17.6. The van der Waals surface area contributed by atoms with Crippen LogP contribution < -0.4 is 10.6 Å². The number of carbonyl (C=O) groups is 5. The number of hydrogen-bond acceptors (Lipinski definition) is 9. The monoisotopic (exact) mass is 590 g/mol. The van der Waals surface area contributed by atoms with Gasteiger partial charge in [0, 0.05) is 50.6 Å². The smallest absolute Gasteiger partial charge is 0.306 e. The van der Waals surface area contributed by atoms with Crippen molar-refractivity contribution in [1.82, 2.24) is 10.6 Å². The Bertz CT molecular complexity index is 863. The summed E-state index contributed by atoms with van der Waals surface area (Å²) in [6, 6.07) is 0. The summed E-state index contributed by atoms with van der Waals surface area (Å²) in [5.74, 6) is -1.42. The molecule has 0 aromatic heterocycles. The summed E-state index contributed by atoms with van der Waals surface area (Å²) >= 11 is 1.04. The Labute approximate surface area is 239 Å². The molecule has 0 aliphatic heterocycles. The Morgan fingerprint density at radius 1 is 0.846 bits per heavy atom. The molecular weight excluding hydrogens is 540 g/mol. The molecule has 2 amide bonds. The fourth-order valence-corrected chi connectivity index (χ4v) is 4.74. The Hall–Kier alpha value is -1.92. The van der Waals surface area contributed by atoms with Gasteiger partial charge in [0.1, 0.15) is 5.60 Å². The molecule has 0 bridgehead atoms. The predicted molar refractivity (Wildman–Crippen MR) is 156 cm³/mol. The minimum Gasteiger partial charge on any atom is -0.460 e. The average Bonchev–Trinajstić information content (AvgIpc) is 2.75. The highest BCUT2D eigenvalue weighted by Crippen LogP contribution is 2.38. The van der Waals surface area contributed by atoms with Gasteiger partial charge in [-0.1, -0.05) is 46.4 Å². The van der Waals surface area contributed by atoms with Crippen molar-refractivity contribution in [2.75, 3.05) is 25.4 Å². The standard InChI is InChI=1S/C27H50N2O8SSi/c1-19(30)36-23(27(8,9)18-35-39(10,11)26(5,6)7)24(34)29-15-14-20(31)28-16-17-38-22(33)13-12-21(32)37-25(2,3)4/h23H,12-18H2,1-11H3,(H,28,31)(H,29,34)/t23-/m0/s1. The van der Waals surface area contributed by atoms with E-state index in [1.54, 1.807) is 20.8 Å². The molecule has 0 heterocycles. The fraction of sp³-hybridized carbons (Fsp3) is 0.815. The third-order valence-electron chi connectivity index (χ3n) is 6.13. The molecule has 10 nitrogen and oxygen atoms in total. The van der Waals surface area contributed by atoms with Gasteiger partial charge >= 0.3 is 11.9 Å². The zero-order valence-electron chi connectivity index (χ0n) is 25.7. The van der Waals surface area contributed by atoms with Crippen LogP contribution in [0.25, 0.3) is 0 Å². The van der Waals surface area contributed by atoms with Crippen LogP contribution in [-0.2, 0) is 37.9 Å². The van der Waals surface area contributed by atoms with Gasteiger partial charge in [-0.3, -0.25) is 24.0 Å². The highest BCUT2D eigenvalue weighted by atomic mass is 32.2. The van der Waals surface area contributed by atoms with Crippen molar-refractivity contribution in [3.05, 3.63) is 0 Å². The summed E-state index contributed by atoms with van der Waals surface area (Å²) in [5, 5.41) is 5.21. The van der Waals surface area contributed by atoms with E-state index in [1.165, 1.54) is 6.92 Å². The largest absolute Gasteiger partial charge is 0.460 e. The van der Waals surface area contributed by atoms with E-state index in [1.807, 2.05) is 13.8 Å². The van der Waals surface area contributed by atoms with Gasteiger partial charge in [-0.25, -0.2) is 0 Å². The minimum absolute atomic E-state index is 0.0124. The molecule has 0 unspecified atom stereocenters. The second kappa shape index (κ2) is 15.8. The van der Waals surface area contributed by atoms with Crippen molar-refractivity contribution >= 4 is 48.9 Å². The van der Waals surface area contributed by atoms with Crippen LogP contribution in [0, 0.1) is 5.41 Å². The SMILES string of the molecule is CC(=O)O[C@@H](C(=O)NCCC(=O)NCCSC(=O)CCC(=O)OC(C)(C)C)C(C)(C)CO[Si](C)(C)C(C)(C)C. The highest BCUT2D eigenvalue weighted by Gasteiger charge is 2.43. The van der Waals surface area contributed by atoms with Crippen LogP contribution in [0.3, 0.4) is 0 Å². The Morgan fingerprint density at radius 3 is 1.95 bits per heavy atom. The Balaban J connectivity index is 4.57. The van der Waals surface area contributed by atoms with Gasteiger partial charge in [-0.2, -0.15) is 0 Å². The lowest BCUT2D eigenvalue weighted by Crippen LogP contribution is -2.51. The molecule has 12 heteroatoms. The lowest BCUT2D eigenvalue weighted by atomic mass is 9.86. The molecule has 226 valence electrons. The first kappa shape index (κ1) is 37.1. The molecule has 0 aliphatic rings. The van der Waals surface area contributed by atoms with Crippen LogP contribution in [0.2, 0.25) is 18.1 Å². The second-order valence-electron chi connectivity index (χ2n) is 12.7. The summed E-state index contributed by atoms with van der Waals surface area (Å²) < 4.78 is 16.8. The van der Waals surface area contributed by atoms with Gasteiger partial charge in [0.2, 0.25) is 5.91 Å². The quantitative estimate of drug-likeness (QED) is 0.165. The number of thioether (sulfide) groups is 1. The summed E-state index contributed by atoms with van der Waals surface area (Å²) in [6.07, 6.45) is -0.967. The minimum atomic E-state index is -2.09. The van der Waals surface area contributed by atoms with E-state index in [9.17, 15) is 24.0 Å². The topological polar surface area (TPSA) is 137 Å². The van der Waals surface area contributed by atoms with E-state index in [0.29, 0.717) is 5.75 Å². The van der Waals surface area contributed by atoms with E-state index in [-0.39, 0.29) is 55.0 Å². The van der Waals surface area contributed by atoms with E-state index in [0.717, 1.165) is 11.8 Å². The molecule has 1 atom stereocenters. The van der Waals surface area contributed by atoms with Crippen molar-refractivity contribution in [3.8, 4) is 0 Å². The number of esters is 2. The molecule has 0 aliphatic carbocycles. The van der Waals surface area contributed by atoms with Gasteiger partial charge in [0.05, 0.1) is 6.42 Å². The lowest BCUT2D eigenvalue weighted by molar-refractivity contribution is -0.163. The number of carbonyl (C=O) groups excluding carboxylic acids is 5. The van der Waals surface area contributed by atoms with Crippen LogP contribution in [0.15, 0.2) is 0 Å². The zero-order valence-corrected chi connectivity index (χ0v) is 27.5. The number of rotatable bonds is 15. The van der Waals surface area contributed by atoms with Gasteiger partial charge in [0.25, 0.3) is 5.91 Å². The van der Waals surface area contributed by atoms with E-state index >= 15 is 0 Å². The third-order valence-corrected chi connectivity index (χ3v) is 11.5. The van der Waals surface area contributed by atoms with Crippen molar-refractivity contribution in [2.24, 2.45) is 5.41 Å². The van der Waals surface area contributed by atoms with Gasteiger partial charge in [0.15, 0.2) is 19.5 Å². The van der Waals surface area contributed by atoms with Gasteiger partial charge in [-0.15, -0.1) is 0 Å². The molecule has 0 aromatic rings. The van der Waals surface area contributed by atoms with Crippen LogP contribution in [-0.4, -0.2) is 74.3 Å². The summed E-state index contributed by atoms with van der Waals surface area (Å²) in [7, 11) is -2.09. The van der Waals surface area contributed by atoms with Crippen LogP contribution >= 0.6 is 11.8 Å². The summed E-state index contributed by atoms with van der Waals surface area (Å²) in [5.41, 5.74) is -1.38. The summed E-state index contributed by atoms with van der Waals surface area (Å²) in [6.45, 7) is 21.3. The molecule has 0 spiro atoms. The van der Waals surface area contributed by atoms with E-state index in [4.69, 9.17) is 13.9 Å². The van der Waals surface area contributed by atoms with E-state index < -0.39 is 43.3 Å². The first-order valence-corrected chi connectivity index (χ1v) is 17.2. The van der Waals surface area contributed by atoms with Crippen molar-refractivity contribution in [2.45, 2.75) is 111 Å². The lowest BCUT2D eigenvalue weighted by Gasteiger charge is -2.40. The number of amides is 2. The maximum absolute atomic E-state index is 12.9. The van der Waals surface area contributed by atoms with Gasteiger partial charge < -0.3 is 24.5 Å². The maximum Gasteiger partial charge on any atom is 0.306 e. The Morgan fingerprint density at radius 2 is 1.44 bits per heavy atom. The molecule has 0 radical (unpaired) electrons. The van der Waals surface area contributed by atoms with Crippen LogP contribution in [0.1, 0.15) is 81.6 Å². The molecule has 39 heavy (non-hydrogen) atoms. The van der Waals surface area contributed by atoms with Crippen molar-refractivity contribution in [1.29, 1.82) is 0 Å². The van der Waals surface area contributed by atoms with E-state index in [2.05, 4.69) is 44.5 Å². The highest BCUT2D eigenvalue weighted by molar-refractivity contribution is 8.13. The predicted octanol–water partition coefficient (Wildman–Crippen LogP) is 3.97. The second-order valence-corrected chi connectivity index (χ2v) is 18.7. The van der Waals surface area contributed by atoms with Crippen LogP contribution in [0.5, 0.6) is 0 Å². The normalized spacial score (nSPS) is 13.3. The molecular formula is C27H50N2O8SSi. The first-order valence-electron chi connectivity index (χ1n) is 13.3. The Kier molecular flexibility index (Phi) is 15.0. The number of hydrogen-bond donors (Lipinski definition) is 2. The van der Waals surface area contributed by atoms with Crippen LogP contribution in [0.4, 0.5) is 0 Å². The number of nitrogens with one attached hydrogen (secondary N) is 2. The third kappa shape index (κ3) is 16.1. The van der Waals surface area contributed by atoms with Crippen molar-refractivity contribution < 1.29 is 37.9 Å². The number of ether oxygens (including phenoxy) is 2. The van der Waals surface area contributed by atoms with Crippen molar-refractivity contribution in [3.63, 3.8) is 0 Å². The molecule has 0 rings (SSSR count). The fourth-order valence-electron chi connectivity index (χ4n) is 2.90. The maximum atomic E-state index is 12.9. The zero-order chi connectivity index (χ0) is 30.7. The average molecular weight is 591 g/mol. The molecule has 0 aromatic carbocycles. The summed E-state index contributed by atoms with van der Waals surface area (Å²) in [4.78, 5) is 60.4. The molecule has 0 saturated heterocycles.